The van der Waals surface area contributed by atoms with Crippen LogP contribution in [0.15, 0.2) is 24.4 Å². The van der Waals surface area contributed by atoms with Crippen molar-refractivity contribution < 1.29 is 4.79 Å². The number of carbonyl (C=O) groups is 1. The van der Waals surface area contributed by atoms with Crippen LogP contribution in [-0.4, -0.2) is 16.3 Å². The minimum atomic E-state index is 0.166. The summed E-state index contributed by atoms with van der Waals surface area (Å²) in [5, 5.41) is 8.84. The Balaban J connectivity index is 2.62. The minimum absolute atomic E-state index is 0.166. The van der Waals surface area contributed by atoms with Crippen molar-refractivity contribution in [3.8, 4) is 17.3 Å². The van der Waals surface area contributed by atoms with E-state index in [-0.39, 0.29) is 5.82 Å². The summed E-state index contributed by atoms with van der Waals surface area (Å²) in [6.07, 6.45) is 2.26. The molecule has 0 aliphatic carbocycles. The van der Waals surface area contributed by atoms with E-state index >= 15 is 0 Å². The number of nitrogens with zero attached hydrogens (tertiary/aromatic N) is 3. The summed E-state index contributed by atoms with van der Waals surface area (Å²) in [5.41, 5.74) is 4.10. The van der Waals surface area contributed by atoms with Crippen LogP contribution >= 0.6 is 0 Å². The Morgan fingerprint density at radius 2 is 2.06 bits per heavy atom. The van der Waals surface area contributed by atoms with E-state index < -0.39 is 0 Å². The second-order valence-corrected chi connectivity index (χ2v) is 4.02. The third kappa shape index (κ3) is 2.11. The van der Waals surface area contributed by atoms with E-state index in [0.29, 0.717) is 11.8 Å². The van der Waals surface area contributed by atoms with Crippen LogP contribution in [0.3, 0.4) is 0 Å². The quantitative estimate of drug-likeness (QED) is 0.752. The van der Waals surface area contributed by atoms with Gasteiger partial charge in [0.1, 0.15) is 0 Å². The van der Waals surface area contributed by atoms with Crippen molar-refractivity contribution in [3.63, 3.8) is 0 Å². The predicted octanol–water partition coefficient (Wildman–Crippen LogP) is 2.44. The molecule has 0 saturated carbocycles. The maximum atomic E-state index is 10.7. The zero-order chi connectivity index (χ0) is 13.1. The van der Waals surface area contributed by atoms with Gasteiger partial charge in [-0.25, -0.2) is 9.97 Å². The zero-order valence-corrected chi connectivity index (χ0v) is 10.1. The molecule has 0 atom stereocenters. The number of hydrogen-bond donors (Lipinski definition) is 0. The van der Waals surface area contributed by atoms with Gasteiger partial charge in [0.25, 0.3) is 0 Å². The maximum Gasteiger partial charge on any atom is 0.193 e. The van der Waals surface area contributed by atoms with Gasteiger partial charge in [0.05, 0.1) is 17.3 Å². The van der Waals surface area contributed by atoms with Crippen molar-refractivity contribution in [2.24, 2.45) is 0 Å². The molecule has 1 heterocycles. The highest BCUT2D eigenvalue weighted by Crippen LogP contribution is 2.24. The van der Waals surface area contributed by atoms with Crippen LogP contribution in [0.5, 0.6) is 0 Å². The molecule has 0 aliphatic rings. The molecule has 0 bridgehead atoms. The summed E-state index contributed by atoms with van der Waals surface area (Å²) in [5.74, 6) is 0.166. The van der Waals surface area contributed by atoms with Gasteiger partial charge < -0.3 is 0 Å². The van der Waals surface area contributed by atoms with E-state index in [4.69, 9.17) is 5.26 Å². The summed E-state index contributed by atoms with van der Waals surface area (Å²) in [6, 6.07) is 7.48. The van der Waals surface area contributed by atoms with Crippen molar-refractivity contribution >= 4 is 6.29 Å². The average Bonchev–Trinajstić information content (AvgIpc) is 2.39. The predicted molar refractivity (Wildman–Crippen MR) is 67.0 cm³/mol. The Labute approximate surface area is 105 Å². The highest BCUT2D eigenvalue weighted by molar-refractivity contribution is 5.73. The first-order valence-corrected chi connectivity index (χ1v) is 5.45. The van der Waals surface area contributed by atoms with E-state index in [2.05, 4.69) is 16.0 Å². The van der Waals surface area contributed by atoms with E-state index in [1.165, 1.54) is 0 Å². The Hall–Kier alpha value is -2.54. The van der Waals surface area contributed by atoms with Crippen LogP contribution in [0, 0.1) is 25.2 Å². The number of aryl methyl sites for hydroxylation is 2. The second-order valence-electron chi connectivity index (χ2n) is 4.02. The fraction of sp³-hybridized carbons (Fsp3) is 0.143. The van der Waals surface area contributed by atoms with Crippen molar-refractivity contribution in [2.45, 2.75) is 13.8 Å². The molecule has 4 nitrogen and oxygen atoms in total. The van der Waals surface area contributed by atoms with Crippen LogP contribution in [0.2, 0.25) is 0 Å². The molecule has 1 aromatic heterocycles. The lowest BCUT2D eigenvalue weighted by atomic mass is 10.0. The fourth-order valence-electron chi connectivity index (χ4n) is 1.78. The summed E-state index contributed by atoms with van der Waals surface area (Å²) in [7, 11) is 0. The van der Waals surface area contributed by atoms with Gasteiger partial charge in [0.2, 0.25) is 0 Å². The van der Waals surface area contributed by atoms with Crippen molar-refractivity contribution in [1.82, 2.24) is 9.97 Å². The number of aromatic nitrogens is 2. The first kappa shape index (κ1) is 11.9. The molecule has 0 unspecified atom stereocenters. The normalized spacial score (nSPS) is 9.83. The number of aldehydes is 1. The first-order chi connectivity index (χ1) is 8.65. The van der Waals surface area contributed by atoms with Gasteiger partial charge in [-0.2, -0.15) is 5.26 Å². The third-order valence-corrected chi connectivity index (χ3v) is 2.71. The summed E-state index contributed by atoms with van der Waals surface area (Å²) in [4.78, 5) is 18.8. The summed E-state index contributed by atoms with van der Waals surface area (Å²) < 4.78 is 0. The standard InChI is InChI=1S/C14H11N3O/c1-9-5-11(6-15)3-4-12(9)14-10(2)7-16-13(8-18)17-14/h3-5,7-8H,1-2H3. The monoisotopic (exact) mass is 237 g/mol. The second kappa shape index (κ2) is 4.76. The van der Waals surface area contributed by atoms with Crippen LogP contribution in [0.1, 0.15) is 27.3 Å². The number of benzene rings is 1. The fourth-order valence-corrected chi connectivity index (χ4v) is 1.78. The molecule has 0 N–H and O–H groups in total. The first-order valence-electron chi connectivity index (χ1n) is 5.45. The van der Waals surface area contributed by atoms with E-state index in [9.17, 15) is 4.79 Å². The largest absolute Gasteiger partial charge is 0.294 e. The molecule has 0 amide bonds. The van der Waals surface area contributed by atoms with Crippen LogP contribution in [0.25, 0.3) is 11.3 Å². The lowest BCUT2D eigenvalue weighted by Gasteiger charge is -2.08. The number of carbonyl (C=O) groups excluding carboxylic acids is 1. The van der Waals surface area contributed by atoms with Gasteiger partial charge in [-0.15, -0.1) is 0 Å². The number of rotatable bonds is 2. The summed E-state index contributed by atoms with van der Waals surface area (Å²) in [6.45, 7) is 3.81. The highest BCUT2D eigenvalue weighted by atomic mass is 16.1. The molecule has 0 spiro atoms. The van der Waals surface area contributed by atoms with Gasteiger partial charge in [-0.3, -0.25) is 4.79 Å². The maximum absolute atomic E-state index is 10.7. The highest BCUT2D eigenvalue weighted by Gasteiger charge is 2.09. The van der Waals surface area contributed by atoms with Gasteiger partial charge >= 0.3 is 0 Å². The molecule has 0 radical (unpaired) electrons. The van der Waals surface area contributed by atoms with Gasteiger partial charge in [-0.1, -0.05) is 6.07 Å². The summed E-state index contributed by atoms with van der Waals surface area (Å²) >= 11 is 0. The molecular formula is C14H11N3O. The Morgan fingerprint density at radius 1 is 1.28 bits per heavy atom. The van der Waals surface area contributed by atoms with Crippen molar-refractivity contribution in [3.05, 3.63) is 46.9 Å². The zero-order valence-electron chi connectivity index (χ0n) is 10.1. The third-order valence-electron chi connectivity index (χ3n) is 2.71. The minimum Gasteiger partial charge on any atom is -0.294 e. The molecule has 18 heavy (non-hydrogen) atoms. The Bertz CT molecular complexity index is 657. The number of hydrogen-bond acceptors (Lipinski definition) is 4. The Kier molecular flexibility index (Phi) is 3.16. The smallest absolute Gasteiger partial charge is 0.193 e. The van der Waals surface area contributed by atoms with Crippen LogP contribution in [-0.2, 0) is 0 Å². The molecular weight excluding hydrogens is 226 g/mol. The van der Waals surface area contributed by atoms with Gasteiger partial charge in [0.15, 0.2) is 12.1 Å². The Morgan fingerprint density at radius 3 is 2.67 bits per heavy atom. The van der Waals surface area contributed by atoms with Crippen molar-refractivity contribution in [2.75, 3.05) is 0 Å². The molecule has 4 heteroatoms. The van der Waals surface area contributed by atoms with E-state index in [0.717, 1.165) is 22.4 Å². The lowest BCUT2D eigenvalue weighted by molar-refractivity contribution is 0.111. The molecule has 88 valence electrons. The topological polar surface area (TPSA) is 66.6 Å². The van der Waals surface area contributed by atoms with E-state index in [1.54, 1.807) is 18.3 Å². The SMILES string of the molecule is Cc1cc(C#N)ccc1-c1nc(C=O)ncc1C. The number of nitriles is 1. The molecule has 0 saturated heterocycles. The molecule has 2 rings (SSSR count). The van der Waals surface area contributed by atoms with Gasteiger partial charge in [-0.05, 0) is 37.1 Å². The van der Waals surface area contributed by atoms with Crippen LogP contribution < -0.4 is 0 Å². The molecule has 1 aromatic carbocycles. The average molecular weight is 237 g/mol. The molecule has 0 aliphatic heterocycles. The lowest BCUT2D eigenvalue weighted by Crippen LogP contribution is -1.98. The van der Waals surface area contributed by atoms with Crippen molar-refractivity contribution in [1.29, 1.82) is 5.26 Å². The van der Waals surface area contributed by atoms with Gasteiger partial charge in [0, 0.05) is 11.8 Å². The van der Waals surface area contributed by atoms with E-state index in [1.807, 2.05) is 19.9 Å². The molecule has 2 aromatic rings. The van der Waals surface area contributed by atoms with Crippen LogP contribution in [0.4, 0.5) is 0 Å². The molecule has 0 fully saturated rings.